The van der Waals surface area contributed by atoms with Crippen LogP contribution in [0.5, 0.6) is 0 Å². The summed E-state index contributed by atoms with van der Waals surface area (Å²) in [4.78, 5) is 16.4. The largest absolute Gasteiger partial charge is 0.444 e. The molecule has 0 spiro atoms. The normalized spacial score (nSPS) is 10.1. The van der Waals surface area contributed by atoms with Crippen LogP contribution in [0.15, 0.2) is 65.3 Å². The highest BCUT2D eigenvalue weighted by Gasteiger charge is 2.10. The van der Waals surface area contributed by atoms with Crippen molar-refractivity contribution in [3.63, 3.8) is 0 Å². The van der Waals surface area contributed by atoms with Gasteiger partial charge in [-0.05, 0) is 29.8 Å². The number of amides is 1. The molecule has 2 aromatic carbocycles. The monoisotopic (exact) mass is 317 g/mol. The summed E-state index contributed by atoms with van der Waals surface area (Å²) in [6.45, 7) is 0. The average Bonchev–Trinajstić information content (AvgIpc) is 3.06. The van der Waals surface area contributed by atoms with Gasteiger partial charge in [-0.2, -0.15) is 5.26 Å². The second-order valence-corrected chi connectivity index (χ2v) is 5.27. The number of nitrogens with one attached hydrogen (secondary N) is 1. The maximum absolute atomic E-state index is 12.1. The van der Waals surface area contributed by atoms with Crippen molar-refractivity contribution in [1.82, 2.24) is 4.98 Å². The predicted molar refractivity (Wildman–Crippen MR) is 90.0 cm³/mol. The molecule has 0 unspecified atom stereocenters. The molecule has 0 saturated heterocycles. The molecular formula is C19H15N3O2. The summed E-state index contributed by atoms with van der Waals surface area (Å²) in [5.74, 6) is 0.329. The summed E-state index contributed by atoms with van der Waals surface area (Å²) in [7, 11) is 0. The number of carbonyl (C=O) groups is 1. The molecule has 0 radical (unpaired) electrons. The van der Waals surface area contributed by atoms with Crippen LogP contribution in [-0.4, -0.2) is 10.9 Å². The maximum Gasteiger partial charge on any atom is 0.230 e. The molecule has 0 aliphatic heterocycles. The van der Waals surface area contributed by atoms with E-state index in [1.54, 1.807) is 12.1 Å². The highest BCUT2D eigenvalue weighted by Crippen LogP contribution is 2.18. The molecule has 1 N–H and O–H groups in total. The molecule has 5 nitrogen and oxygen atoms in total. The number of carbonyl (C=O) groups excluding carboxylic acids is 1. The number of aromatic nitrogens is 1. The molecule has 0 saturated carbocycles. The van der Waals surface area contributed by atoms with Crippen molar-refractivity contribution in [2.75, 3.05) is 5.32 Å². The lowest BCUT2D eigenvalue weighted by atomic mass is 10.1. The van der Waals surface area contributed by atoms with Crippen LogP contribution >= 0.6 is 0 Å². The Hall–Kier alpha value is -3.39. The maximum atomic E-state index is 12.1. The van der Waals surface area contributed by atoms with Crippen molar-refractivity contribution in [2.24, 2.45) is 0 Å². The second-order valence-electron chi connectivity index (χ2n) is 5.27. The van der Waals surface area contributed by atoms with Crippen molar-refractivity contribution >= 4 is 11.6 Å². The van der Waals surface area contributed by atoms with Gasteiger partial charge in [0.25, 0.3) is 0 Å². The molecule has 3 rings (SSSR count). The lowest BCUT2D eigenvalue weighted by Gasteiger charge is -2.04. The molecule has 118 valence electrons. The zero-order valence-corrected chi connectivity index (χ0v) is 12.9. The molecule has 0 aliphatic carbocycles. The van der Waals surface area contributed by atoms with Crippen LogP contribution in [-0.2, 0) is 17.6 Å². The van der Waals surface area contributed by atoms with Crippen molar-refractivity contribution in [3.05, 3.63) is 72.1 Å². The van der Waals surface area contributed by atoms with Gasteiger partial charge in [-0.1, -0.05) is 30.3 Å². The second kappa shape index (κ2) is 7.25. The fourth-order valence-electron chi connectivity index (χ4n) is 2.27. The van der Waals surface area contributed by atoms with Crippen LogP contribution < -0.4 is 5.32 Å². The van der Waals surface area contributed by atoms with Crippen molar-refractivity contribution < 1.29 is 9.21 Å². The van der Waals surface area contributed by atoms with Crippen LogP contribution in [0.2, 0.25) is 0 Å². The number of hydrogen-bond donors (Lipinski definition) is 1. The van der Waals surface area contributed by atoms with Gasteiger partial charge in [-0.25, -0.2) is 4.98 Å². The van der Waals surface area contributed by atoms with Crippen molar-refractivity contribution in [2.45, 2.75) is 12.8 Å². The predicted octanol–water partition coefficient (Wildman–Crippen LogP) is 3.59. The van der Waals surface area contributed by atoms with Gasteiger partial charge in [0, 0.05) is 11.3 Å². The Bertz CT molecular complexity index is 862. The van der Waals surface area contributed by atoms with Gasteiger partial charge in [0.2, 0.25) is 11.8 Å². The molecule has 0 atom stereocenters. The van der Waals surface area contributed by atoms with E-state index in [0.29, 0.717) is 23.7 Å². The fourth-order valence-corrected chi connectivity index (χ4v) is 2.27. The van der Waals surface area contributed by atoms with Gasteiger partial charge in [-0.3, -0.25) is 4.79 Å². The van der Waals surface area contributed by atoms with E-state index in [2.05, 4.69) is 16.4 Å². The van der Waals surface area contributed by atoms with E-state index in [1.807, 2.05) is 42.5 Å². The molecule has 0 aliphatic rings. The number of nitriles is 1. The van der Waals surface area contributed by atoms with Crippen LogP contribution in [0.25, 0.3) is 11.5 Å². The zero-order chi connectivity index (χ0) is 16.8. The Morgan fingerprint density at radius 1 is 1.12 bits per heavy atom. The van der Waals surface area contributed by atoms with Crippen LogP contribution in [0.3, 0.4) is 0 Å². The van der Waals surface area contributed by atoms with E-state index in [0.717, 1.165) is 11.1 Å². The average molecular weight is 317 g/mol. The van der Waals surface area contributed by atoms with Crippen molar-refractivity contribution in [1.29, 1.82) is 5.26 Å². The first kappa shape index (κ1) is 15.5. The van der Waals surface area contributed by atoms with Gasteiger partial charge in [0.1, 0.15) is 6.26 Å². The zero-order valence-electron chi connectivity index (χ0n) is 12.9. The summed E-state index contributed by atoms with van der Waals surface area (Å²) < 4.78 is 5.42. The molecule has 0 fully saturated rings. The number of anilines is 1. The number of rotatable bonds is 5. The molecule has 1 heterocycles. The third kappa shape index (κ3) is 3.87. The summed E-state index contributed by atoms with van der Waals surface area (Å²) in [6, 6.07) is 18.8. The van der Waals surface area contributed by atoms with Gasteiger partial charge in [-0.15, -0.1) is 0 Å². The topological polar surface area (TPSA) is 78.9 Å². The Morgan fingerprint density at radius 3 is 2.58 bits per heavy atom. The van der Waals surface area contributed by atoms with E-state index < -0.39 is 0 Å². The Morgan fingerprint density at radius 2 is 1.88 bits per heavy atom. The van der Waals surface area contributed by atoms with Crippen LogP contribution in [0.1, 0.15) is 11.3 Å². The minimum atomic E-state index is -0.170. The molecule has 1 amide bonds. The molecule has 1 aromatic heterocycles. The molecule has 5 heteroatoms. The standard InChI is InChI=1S/C19H15N3O2/c20-11-10-14-6-8-16(9-7-14)21-18(23)12-17-13-24-19(22-17)15-4-2-1-3-5-15/h1-9,13H,10,12H2,(H,21,23). The highest BCUT2D eigenvalue weighted by atomic mass is 16.3. The fraction of sp³-hybridized carbons (Fsp3) is 0.105. The first-order valence-corrected chi connectivity index (χ1v) is 7.50. The SMILES string of the molecule is N#CCc1ccc(NC(=O)Cc2coc(-c3ccccc3)n2)cc1. The molecular weight excluding hydrogens is 302 g/mol. The number of benzene rings is 2. The van der Waals surface area contributed by atoms with Crippen molar-refractivity contribution in [3.8, 4) is 17.5 Å². The molecule has 3 aromatic rings. The summed E-state index contributed by atoms with van der Waals surface area (Å²) in [5.41, 5.74) is 3.05. The van der Waals surface area contributed by atoms with Gasteiger partial charge < -0.3 is 9.73 Å². The summed E-state index contributed by atoms with van der Waals surface area (Å²) >= 11 is 0. The Kier molecular flexibility index (Phi) is 4.68. The lowest BCUT2D eigenvalue weighted by Crippen LogP contribution is -2.14. The van der Waals surface area contributed by atoms with Gasteiger partial charge >= 0.3 is 0 Å². The lowest BCUT2D eigenvalue weighted by molar-refractivity contribution is -0.115. The third-order valence-electron chi connectivity index (χ3n) is 3.44. The highest BCUT2D eigenvalue weighted by molar-refractivity contribution is 5.92. The first-order valence-electron chi connectivity index (χ1n) is 7.50. The van der Waals surface area contributed by atoms with E-state index in [9.17, 15) is 4.79 Å². The summed E-state index contributed by atoms with van der Waals surface area (Å²) in [6.07, 6.45) is 1.99. The minimum absolute atomic E-state index is 0.135. The Balaban J connectivity index is 1.61. The number of nitrogens with zero attached hydrogens (tertiary/aromatic N) is 2. The van der Waals surface area contributed by atoms with Gasteiger partial charge in [0.05, 0.1) is 24.6 Å². The van der Waals surface area contributed by atoms with Crippen LogP contribution in [0, 0.1) is 11.3 Å². The van der Waals surface area contributed by atoms with E-state index in [-0.39, 0.29) is 12.3 Å². The van der Waals surface area contributed by atoms with Crippen LogP contribution in [0.4, 0.5) is 5.69 Å². The minimum Gasteiger partial charge on any atom is -0.444 e. The smallest absolute Gasteiger partial charge is 0.230 e. The number of hydrogen-bond acceptors (Lipinski definition) is 4. The first-order chi connectivity index (χ1) is 11.7. The van der Waals surface area contributed by atoms with E-state index >= 15 is 0 Å². The van der Waals surface area contributed by atoms with Gasteiger partial charge in [0.15, 0.2) is 0 Å². The number of oxazole rings is 1. The Labute approximate surface area is 139 Å². The van der Waals surface area contributed by atoms with E-state index in [4.69, 9.17) is 9.68 Å². The quantitative estimate of drug-likeness (QED) is 0.780. The van der Waals surface area contributed by atoms with E-state index in [1.165, 1.54) is 6.26 Å². The third-order valence-corrected chi connectivity index (χ3v) is 3.44. The molecule has 0 bridgehead atoms. The summed E-state index contributed by atoms with van der Waals surface area (Å²) in [5, 5.41) is 11.5. The molecule has 24 heavy (non-hydrogen) atoms.